The third kappa shape index (κ3) is 2.99. The molecule has 0 spiro atoms. The van der Waals surface area contributed by atoms with Crippen LogP contribution in [0.2, 0.25) is 0 Å². The van der Waals surface area contributed by atoms with Crippen molar-refractivity contribution < 1.29 is 4.74 Å². The van der Waals surface area contributed by atoms with E-state index in [1.54, 1.807) is 19.4 Å². The standard InChI is InChI=1S/C18H17N3O2/c1-3-17-20-16-7-5-4-6-15(16)18(22)21(17)19-12-13-8-10-14(23-2)11-9-13/h4-12H,3H2,1-2H3/b19-12-. The van der Waals surface area contributed by atoms with Crippen LogP contribution in [0.3, 0.4) is 0 Å². The van der Waals surface area contributed by atoms with E-state index in [-0.39, 0.29) is 5.56 Å². The number of para-hydroxylation sites is 1. The molecular weight excluding hydrogens is 290 g/mol. The Balaban J connectivity index is 2.05. The summed E-state index contributed by atoms with van der Waals surface area (Å²) in [6.45, 7) is 1.95. The van der Waals surface area contributed by atoms with Crippen LogP contribution in [-0.2, 0) is 6.42 Å². The first-order chi connectivity index (χ1) is 11.2. The molecule has 0 unspecified atom stereocenters. The minimum atomic E-state index is -0.155. The van der Waals surface area contributed by atoms with E-state index in [9.17, 15) is 4.79 Å². The summed E-state index contributed by atoms with van der Waals surface area (Å²) in [7, 11) is 1.62. The summed E-state index contributed by atoms with van der Waals surface area (Å²) >= 11 is 0. The fourth-order valence-electron chi connectivity index (χ4n) is 2.33. The Morgan fingerprint density at radius 1 is 1.17 bits per heavy atom. The first-order valence-corrected chi connectivity index (χ1v) is 7.42. The van der Waals surface area contributed by atoms with Gasteiger partial charge in [-0.2, -0.15) is 9.78 Å². The van der Waals surface area contributed by atoms with Crippen molar-refractivity contribution in [3.05, 3.63) is 70.3 Å². The molecule has 0 fully saturated rings. The van der Waals surface area contributed by atoms with Crippen LogP contribution < -0.4 is 10.3 Å². The monoisotopic (exact) mass is 307 g/mol. The van der Waals surface area contributed by atoms with Gasteiger partial charge in [0.25, 0.3) is 5.56 Å². The predicted octanol–water partition coefficient (Wildman–Crippen LogP) is 2.85. The molecule has 0 radical (unpaired) electrons. The zero-order valence-corrected chi connectivity index (χ0v) is 13.1. The van der Waals surface area contributed by atoms with E-state index in [0.717, 1.165) is 11.3 Å². The molecule has 23 heavy (non-hydrogen) atoms. The third-order valence-electron chi connectivity index (χ3n) is 3.58. The van der Waals surface area contributed by atoms with Crippen LogP contribution >= 0.6 is 0 Å². The average Bonchev–Trinajstić information content (AvgIpc) is 2.61. The maximum absolute atomic E-state index is 12.6. The molecule has 0 atom stereocenters. The number of fused-ring (bicyclic) bond motifs is 1. The van der Waals surface area contributed by atoms with Crippen LogP contribution in [0, 0.1) is 0 Å². The lowest BCUT2D eigenvalue weighted by molar-refractivity contribution is 0.415. The fraction of sp³-hybridized carbons (Fsp3) is 0.167. The number of aromatic nitrogens is 2. The second kappa shape index (κ2) is 6.44. The van der Waals surface area contributed by atoms with E-state index in [0.29, 0.717) is 23.1 Å². The Morgan fingerprint density at radius 2 is 1.91 bits per heavy atom. The predicted molar refractivity (Wildman–Crippen MR) is 91.4 cm³/mol. The van der Waals surface area contributed by atoms with E-state index >= 15 is 0 Å². The van der Waals surface area contributed by atoms with Gasteiger partial charge in [-0.05, 0) is 42.0 Å². The zero-order valence-electron chi connectivity index (χ0n) is 13.1. The van der Waals surface area contributed by atoms with Crippen LogP contribution in [0.25, 0.3) is 10.9 Å². The molecule has 0 aliphatic carbocycles. The van der Waals surface area contributed by atoms with Crippen molar-refractivity contribution >= 4 is 17.1 Å². The first kappa shape index (κ1) is 15.0. The lowest BCUT2D eigenvalue weighted by Gasteiger charge is -2.07. The Labute approximate surface area is 133 Å². The summed E-state index contributed by atoms with van der Waals surface area (Å²) in [6, 6.07) is 14.8. The number of benzene rings is 2. The van der Waals surface area contributed by atoms with Gasteiger partial charge in [0.2, 0.25) is 0 Å². The van der Waals surface area contributed by atoms with Crippen molar-refractivity contribution in [2.24, 2.45) is 5.10 Å². The van der Waals surface area contributed by atoms with Crippen molar-refractivity contribution in [1.29, 1.82) is 0 Å². The van der Waals surface area contributed by atoms with E-state index in [1.165, 1.54) is 4.68 Å². The second-order valence-electron chi connectivity index (χ2n) is 5.03. The number of aryl methyl sites for hydroxylation is 1. The van der Waals surface area contributed by atoms with Crippen molar-refractivity contribution in [2.75, 3.05) is 7.11 Å². The van der Waals surface area contributed by atoms with Gasteiger partial charge in [-0.3, -0.25) is 4.79 Å². The normalized spacial score (nSPS) is 11.2. The van der Waals surface area contributed by atoms with Crippen LogP contribution in [0.1, 0.15) is 18.3 Å². The van der Waals surface area contributed by atoms with Gasteiger partial charge in [-0.1, -0.05) is 19.1 Å². The smallest absolute Gasteiger partial charge is 0.282 e. The molecule has 0 aliphatic heterocycles. The molecule has 0 aliphatic rings. The number of rotatable bonds is 4. The minimum Gasteiger partial charge on any atom is -0.497 e. The summed E-state index contributed by atoms with van der Waals surface area (Å²) in [5.74, 6) is 1.42. The van der Waals surface area contributed by atoms with Gasteiger partial charge in [0.1, 0.15) is 11.6 Å². The highest BCUT2D eigenvalue weighted by Crippen LogP contribution is 2.11. The number of nitrogens with zero attached hydrogens (tertiary/aromatic N) is 3. The molecule has 1 heterocycles. The molecule has 3 aromatic rings. The Morgan fingerprint density at radius 3 is 2.61 bits per heavy atom. The van der Waals surface area contributed by atoms with Gasteiger partial charge in [0.15, 0.2) is 0 Å². The highest BCUT2D eigenvalue weighted by Gasteiger charge is 2.08. The molecular formula is C18H17N3O2. The molecule has 0 bridgehead atoms. The molecule has 116 valence electrons. The van der Waals surface area contributed by atoms with Crippen molar-refractivity contribution in [3.8, 4) is 5.75 Å². The molecule has 0 saturated carbocycles. The first-order valence-electron chi connectivity index (χ1n) is 7.42. The maximum atomic E-state index is 12.6. The van der Waals surface area contributed by atoms with E-state index in [2.05, 4.69) is 10.1 Å². The molecule has 2 aromatic carbocycles. The van der Waals surface area contributed by atoms with Gasteiger partial charge in [-0.25, -0.2) is 4.98 Å². The van der Waals surface area contributed by atoms with Gasteiger partial charge < -0.3 is 4.74 Å². The molecule has 3 rings (SSSR count). The van der Waals surface area contributed by atoms with E-state index in [4.69, 9.17) is 4.74 Å². The van der Waals surface area contributed by atoms with E-state index < -0.39 is 0 Å². The fourth-order valence-corrected chi connectivity index (χ4v) is 2.33. The molecule has 5 heteroatoms. The third-order valence-corrected chi connectivity index (χ3v) is 3.58. The lowest BCUT2D eigenvalue weighted by Crippen LogP contribution is -2.22. The number of hydrogen-bond donors (Lipinski definition) is 0. The van der Waals surface area contributed by atoms with E-state index in [1.807, 2.05) is 49.4 Å². The van der Waals surface area contributed by atoms with Crippen molar-refractivity contribution in [1.82, 2.24) is 9.66 Å². The summed E-state index contributed by atoms with van der Waals surface area (Å²) in [5.41, 5.74) is 1.43. The van der Waals surface area contributed by atoms with Crippen molar-refractivity contribution in [2.45, 2.75) is 13.3 Å². The number of hydrogen-bond acceptors (Lipinski definition) is 4. The summed E-state index contributed by atoms with van der Waals surface area (Å²) in [6.07, 6.45) is 2.27. The Kier molecular flexibility index (Phi) is 4.19. The van der Waals surface area contributed by atoms with Crippen LogP contribution in [0.5, 0.6) is 5.75 Å². The zero-order chi connectivity index (χ0) is 16.2. The highest BCUT2D eigenvalue weighted by atomic mass is 16.5. The van der Waals surface area contributed by atoms with Gasteiger partial charge in [-0.15, -0.1) is 0 Å². The summed E-state index contributed by atoms with van der Waals surface area (Å²) in [4.78, 5) is 17.1. The topological polar surface area (TPSA) is 56.5 Å². The van der Waals surface area contributed by atoms with Gasteiger partial charge in [0, 0.05) is 6.42 Å². The van der Waals surface area contributed by atoms with Crippen LogP contribution in [0.15, 0.2) is 58.4 Å². The Hall–Kier alpha value is -2.95. The molecule has 1 aromatic heterocycles. The van der Waals surface area contributed by atoms with Gasteiger partial charge >= 0.3 is 0 Å². The summed E-state index contributed by atoms with van der Waals surface area (Å²) in [5, 5.41) is 4.89. The number of methoxy groups -OCH3 is 1. The highest BCUT2D eigenvalue weighted by molar-refractivity contribution is 5.80. The molecule has 5 nitrogen and oxygen atoms in total. The van der Waals surface area contributed by atoms with Crippen LogP contribution in [-0.4, -0.2) is 23.0 Å². The Bertz CT molecular complexity index is 912. The molecule has 0 amide bonds. The molecule has 0 N–H and O–H groups in total. The number of ether oxygens (including phenoxy) is 1. The van der Waals surface area contributed by atoms with Crippen LogP contribution in [0.4, 0.5) is 0 Å². The quantitative estimate of drug-likeness (QED) is 0.696. The van der Waals surface area contributed by atoms with Gasteiger partial charge in [0.05, 0.1) is 24.2 Å². The average molecular weight is 307 g/mol. The SMILES string of the molecule is CCc1nc2ccccc2c(=O)n1/N=C\c1ccc(OC)cc1. The largest absolute Gasteiger partial charge is 0.497 e. The summed E-state index contributed by atoms with van der Waals surface area (Å²) < 4.78 is 6.49. The van der Waals surface area contributed by atoms with Crippen molar-refractivity contribution in [3.63, 3.8) is 0 Å². The maximum Gasteiger partial charge on any atom is 0.282 e. The minimum absolute atomic E-state index is 0.155. The lowest BCUT2D eigenvalue weighted by atomic mass is 10.2. The second-order valence-corrected chi connectivity index (χ2v) is 5.03. The molecule has 0 saturated heterocycles.